The molecule has 0 aromatic heterocycles. The molecule has 0 aromatic carbocycles. The lowest BCUT2D eigenvalue weighted by atomic mass is 9.59. The normalized spacial score (nSPS) is 31.1. The fourth-order valence-corrected chi connectivity index (χ4v) is 3.92. The number of hydrogen-bond acceptors (Lipinski definition) is 3. The Labute approximate surface area is 92.1 Å². The van der Waals surface area contributed by atoms with Gasteiger partial charge in [0.2, 0.25) is 0 Å². The average Bonchev–Trinajstić information content (AvgIpc) is 2.23. The van der Waals surface area contributed by atoms with Gasteiger partial charge in [-0.25, -0.2) is 4.99 Å². The van der Waals surface area contributed by atoms with Crippen LogP contribution in [0.1, 0.15) is 47.0 Å². The van der Waals surface area contributed by atoms with Crippen molar-refractivity contribution >= 4 is 6.02 Å². The summed E-state index contributed by atoms with van der Waals surface area (Å²) in [7, 11) is 0. The number of nitrogens with two attached hydrogens (primary N) is 1. The summed E-state index contributed by atoms with van der Waals surface area (Å²) in [5, 5.41) is 0. The van der Waals surface area contributed by atoms with Gasteiger partial charge in [-0.1, -0.05) is 27.7 Å². The van der Waals surface area contributed by atoms with Crippen molar-refractivity contribution in [1.82, 2.24) is 0 Å². The summed E-state index contributed by atoms with van der Waals surface area (Å²) in [6.45, 7) is 9.99. The predicted octanol–water partition coefficient (Wildman–Crippen LogP) is 2.31. The van der Waals surface area contributed by atoms with E-state index in [1.807, 2.05) is 0 Å². The van der Waals surface area contributed by atoms with Crippen LogP contribution >= 0.6 is 0 Å². The number of aliphatic imine (C=N–C) groups is 1. The molecule has 1 heterocycles. The predicted molar refractivity (Wildman–Crippen MR) is 61.7 cm³/mol. The van der Waals surface area contributed by atoms with Crippen LogP contribution in [0.4, 0.5) is 0 Å². The Morgan fingerprint density at radius 1 is 1.07 bits per heavy atom. The van der Waals surface area contributed by atoms with Gasteiger partial charge >= 0.3 is 0 Å². The van der Waals surface area contributed by atoms with Gasteiger partial charge in [-0.3, -0.25) is 0 Å². The van der Waals surface area contributed by atoms with Gasteiger partial charge in [0.25, 0.3) is 6.02 Å². The van der Waals surface area contributed by atoms with Gasteiger partial charge in [-0.15, -0.1) is 0 Å². The number of ether oxygens (including phenoxy) is 1. The molecule has 0 radical (unpaired) electrons. The van der Waals surface area contributed by atoms with Crippen molar-refractivity contribution in [3.63, 3.8) is 0 Å². The van der Waals surface area contributed by atoms with Crippen LogP contribution in [0.25, 0.3) is 0 Å². The Morgan fingerprint density at radius 3 is 2.00 bits per heavy atom. The lowest BCUT2D eigenvalue weighted by Gasteiger charge is -2.49. The Bertz CT molecular complexity index is 289. The van der Waals surface area contributed by atoms with Gasteiger partial charge in [0.15, 0.2) is 0 Å². The third-order valence-electron chi connectivity index (χ3n) is 3.40. The second-order valence-corrected chi connectivity index (χ2v) is 6.80. The summed E-state index contributed by atoms with van der Waals surface area (Å²) in [4.78, 5) is 4.22. The van der Waals surface area contributed by atoms with Gasteiger partial charge in [0.05, 0.1) is 6.54 Å². The second kappa shape index (κ2) is 2.89. The average molecular weight is 210 g/mol. The summed E-state index contributed by atoms with van der Waals surface area (Å²) >= 11 is 0. The Hall–Kier alpha value is -0.730. The highest BCUT2D eigenvalue weighted by Gasteiger charge is 2.51. The first-order valence-corrected chi connectivity index (χ1v) is 5.71. The van der Waals surface area contributed by atoms with Crippen LogP contribution in [0.2, 0.25) is 0 Å². The van der Waals surface area contributed by atoms with Gasteiger partial charge < -0.3 is 10.5 Å². The van der Waals surface area contributed by atoms with Crippen molar-refractivity contribution in [2.45, 2.75) is 52.6 Å². The smallest absolute Gasteiger partial charge is 0.282 e. The zero-order valence-electron chi connectivity index (χ0n) is 10.3. The molecule has 1 aliphatic carbocycles. The van der Waals surface area contributed by atoms with Crippen LogP contribution in [-0.4, -0.2) is 18.2 Å². The van der Waals surface area contributed by atoms with Gasteiger partial charge in [0.1, 0.15) is 5.60 Å². The topological polar surface area (TPSA) is 47.6 Å². The molecule has 3 heteroatoms. The zero-order valence-corrected chi connectivity index (χ0v) is 10.3. The van der Waals surface area contributed by atoms with E-state index in [1.165, 1.54) is 6.42 Å². The largest absolute Gasteiger partial charge is 0.457 e. The highest BCUT2D eigenvalue weighted by Crippen LogP contribution is 2.52. The minimum Gasteiger partial charge on any atom is -0.457 e. The van der Waals surface area contributed by atoms with Crippen molar-refractivity contribution in [1.29, 1.82) is 0 Å². The van der Waals surface area contributed by atoms with Crippen LogP contribution in [0.5, 0.6) is 0 Å². The Balaban J connectivity index is 2.21. The molecule has 0 saturated heterocycles. The van der Waals surface area contributed by atoms with E-state index in [-0.39, 0.29) is 5.60 Å². The summed E-state index contributed by atoms with van der Waals surface area (Å²) in [5.41, 5.74) is 6.17. The molecule has 1 fully saturated rings. The van der Waals surface area contributed by atoms with Crippen molar-refractivity contribution < 1.29 is 4.74 Å². The van der Waals surface area contributed by atoms with E-state index in [0.29, 0.717) is 16.9 Å². The minimum atomic E-state index is -0.116. The van der Waals surface area contributed by atoms with E-state index >= 15 is 0 Å². The molecule has 1 spiro atoms. The molecule has 0 amide bonds. The van der Waals surface area contributed by atoms with E-state index in [4.69, 9.17) is 10.5 Å². The first kappa shape index (κ1) is 10.8. The van der Waals surface area contributed by atoms with Crippen LogP contribution in [-0.2, 0) is 4.74 Å². The van der Waals surface area contributed by atoms with Crippen molar-refractivity contribution in [3.8, 4) is 0 Å². The molecule has 0 unspecified atom stereocenters. The van der Waals surface area contributed by atoms with Gasteiger partial charge in [-0.2, -0.15) is 0 Å². The lowest BCUT2D eigenvalue weighted by Crippen LogP contribution is -2.48. The van der Waals surface area contributed by atoms with Crippen LogP contribution in [0, 0.1) is 10.8 Å². The quantitative estimate of drug-likeness (QED) is 0.667. The first-order valence-electron chi connectivity index (χ1n) is 5.71. The molecule has 3 nitrogen and oxygen atoms in total. The molecule has 1 aliphatic heterocycles. The minimum absolute atomic E-state index is 0.116. The molecule has 2 rings (SSSR count). The molecule has 0 aromatic rings. The molecular weight excluding hydrogens is 188 g/mol. The van der Waals surface area contributed by atoms with Gasteiger partial charge in [-0.05, 0) is 30.1 Å². The maximum atomic E-state index is 5.79. The summed E-state index contributed by atoms with van der Waals surface area (Å²) in [6.07, 6.45) is 3.37. The summed E-state index contributed by atoms with van der Waals surface area (Å²) in [5.74, 6) is 0. The van der Waals surface area contributed by atoms with E-state index < -0.39 is 0 Å². The van der Waals surface area contributed by atoms with Crippen LogP contribution in [0.15, 0.2) is 4.99 Å². The molecule has 1 saturated carbocycles. The van der Waals surface area contributed by atoms with E-state index in [0.717, 1.165) is 19.4 Å². The Morgan fingerprint density at radius 2 is 1.60 bits per heavy atom. The fraction of sp³-hybridized carbons (Fsp3) is 0.917. The van der Waals surface area contributed by atoms with Crippen molar-refractivity contribution in [2.75, 3.05) is 6.54 Å². The standard InChI is InChI=1S/C12H22N2O/c1-10(2)5-11(3,4)7-12(6-10)8-14-9(13)15-12/h5-8H2,1-4H3,(H2,13,14). The van der Waals surface area contributed by atoms with Gasteiger partial charge in [0, 0.05) is 0 Å². The molecule has 2 N–H and O–H groups in total. The highest BCUT2D eigenvalue weighted by atomic mass is 16.5. The third kappa shape index (κ3) is 2.11. The first-order chi connectivity index (χ1) is 6.72. The number of hydrogen-bond donors (Lipinski definition) is 1. The fourth-order valence-electron chi connectivity index (χ4n) is 3.92. The Kier molecular flexibility index (Phi) is 2.08. The van der Waals surface area contributed by atoms with Crippen LogP contribution in [0.3, 0.4) is 0 Å². The van der Waals surface area contributed by atoms with E-state index in [1.54, 1.807) is 0 Å². The highest BCUT2D eigenvalue weighted by molar-refractivity contribution is 5.73. The number of amidine groups is 1. The monoisotopic (exact) mass is 210 g/mol. The molecule has 86 valence electrons. The molecule has 0 atom stereocenters. The van der Waals surface area contributed by atoms with E-state index in [2.05, 4.69) is 32.7 Å². The SMILES string of the molecule is CC1(C)CC(C)(C)CC2(CN=C(N)O2)C1. The number of nitrogens with zero attached hydrogens (tertiary/aromatic N) is 1. The zero-order chi connectivity index (χ0) is 11.3. The molecule has 0 bridgehead atoms. The van der Waals surface area contributed by atoms with Crippen LogP contribution < -0.4 is 5.73 Å². The summed E-state index contributed by atoms with van der Waals surface area (Å²) in [6, 6.07) is 0.378. The molecular formula is C12H22N2O. The maximum absolute atomic E-state index is 5.79. The maximum Gasteiger partial charge on any atom is 0.282 e. The van der Waals surface area contributed by atoms with E-state index in [9.17, 15) is 0 Å². The lowest BCUT2D eigenvalue weighted by molar-refractivity contribution is -0.0582. The second-order valence-electron chi connectivity index (χ2n) is 6.80. The summed E-state index contributed by atoms with van der Waals surface area (Å²) < 4.78 is 5.79. The third-order valence-corrected chi connectivity index (χ3v) is 3.40. The molecule has 15 heavy (non-hydrogen) atoms. The van der Waals surface area contributed by atoms with Crippen molar-refractivity contribution in [2.24, 2.45) is 21.6 Å². The number of rotatable bonds is 0. The van der Waals surface area contributed by atoms with Crippen molar-refractivity contribution in [3.05, 3.63) is 0 Å². The molecule has 2 aliphatic rings.